The van der Waals surface area contributed by atoms with Gasteiger partial charge in [-0.3, -0.25) is 9.59 Å². The lowest BCUT2D eigenvalue weighted by Crippen LogP contribution is -2.24. The highest BCUT2D eigenvalue weighted by Gasteiger charge is 2.19. The fraction of sp³-hybridized carbons (Fsp3) is 0.0952. The maximum atomic E-state index is 11.8. The summed E-state index contributed by atoms with van der Waals surface area (Å²) in [5.41, 5.74) is 8.56. The van der Waals surface area contributed by atoms with Gasteiger partial charge in [-0.15, -0.1) is 0 Å². The van der Waals surface area contributed by atoms with Crippen LogP contribution in [0.25, 0.3) is 22.2 Å². The number of fused-ring (bicyclic) bond motifs is 1. The monoisotopic (exact) mass is 408 g/mol. The summed E-state index contributed by atoms with van der Waals surface area (Å²) in [6, 6.07) is 13.4. The standard InChI is InChI=1S/C21H17ClN4O3/c1-29-14-6-7-18-15(8-14)16(17-9-24-21(25-17)19(27)20(23)28)11-26(18)10-12-2-4-13(22)5-3-12/h2-9,11H,10H2,1H3,(H2,23,28)(H,24,25). The highest BCUT2D eigenvalue weighted by atomic mass is 35.5. The molecule has 7 nitrogen and oxygen atoms in total. The Kier molecular flexibility index (Phi) is 4.82. The Morgan fingerprint density at radius 2 is 1.97 bits per heavy atom. The number of nitrogens with one attached hydrogen (secondary N) is 1. The molecule has 0 unspecified atom stereocenters. The molecule has 0 spiro atoms. The summed E-state index contributed by atoms with van der Waals surface area (Å²) < 4.78 is 7.45. The van der Waals surface area contributed by atoms with Gasteiger partial charge in [-0.2, -0.15) is 0 Å². The van der Waals surface area contributed by atoms with Crippen LogP contribution in [0.3, 0.4) is 0 Å². The number of carbonyl (C=O) groups excluding carboxylic acids is 2. The van der Waals surface area contributed by atoms with E-state index in [-0.39, 0.29) is 5.82 Å². The number of methoxy groups -OCH3 is 1. The van der Waals surface area contributed by atoms with E-state index in [1.54, 1.807) is 7.11 Å². The number of primary amides is 1. The SMILES string of the molecule is COc1ccc2c(c1)c(-c1cnc(C(=O)C(N)=O)[nH]1)cn2Cc1ccc(Cl)cc1. The second kappa shape index (κ2) is 7.44. The summed E-state index contributed by atoms with van der Waals surface area (Å²) in [5.74, 6) is -1.30. The molecule has 3 N–H and O–H groups in total. The Hall–Kier alpha value is -3.58. The number of H-pyrrole nitrogens is 1. The van der Waals surface area contributed by atoms with Crippen LogP contribution in [0.5, 0.6) is 5.75 Å². The number of carbonyl (C=O) groups is 2. The molecular formula is C21H17ClN4O3. The number of aromatic nitrogens is 3. The van der Waals surface area contributed by atoms with Crippen molar-refractivity contribution in [2.75, 3.05) is 7.11 Å². The number of ether oxygens (including phenoxy) is 1. The second-order valence-corrected chi connectivity index (χ2v) is 6.96. The Morgan fingerprint density at radius 1 is 1.21 bits per heavy atom. The van der Waals surface area contributed by atoms with Gasteiger partial charge in [0.25, 0.3) is 11.7 Å². The quantitative estimate of drug-likeness (QED) is 0.377. The highest BCUT2D eigenvalue weighted by Crippen LogP contribution is 2.33. The largest absolute Gasteiger partial charge is 0.497 e. The third kappa shape index (κ3) is 3.60. The van der Waals surface area contributed by atoms with E-state index < -0.39 is 11.7 Å². The molecule has 2 heterocycles. The van der Waals surface area contributed by atoms with Gasteiger partial charge in [0.15, 0.2) is 5.82 Å². The first-order valence-corrected chi connectivity index (χ1v) is 9.15. The van der Waals surface area contributed by atoms with Gasteiger partial charge in [-0.05, 0) is 35.9 Å². The van der Waals surface area contributed by atoms with Crippen LogP contribution in [0, 0.1) is 0 Å². The third-order valence-corrected chi connectivity index (χ3v) is 4.91. The van der Waals surface area contributed by atoms with Crippen molar-refractivity contribution < 1.29 is 14.3 Å². The molecule has 0 fully saturated rings. The summed E-state index contributed by atoms with van der Waals surface area (Å²) in [6.45, 7) is 0.626. The number of imidazole rings is 1. The molecule has 0 saturated heterocycles. The maximum Gasteiger partial charge on any atom is 0.293 e. The molecule has 8 heteroatoms. The van der Waals surface area contributed by atoms with Crippen LogP contribution in [0.2, 0.25) is 5.02 Å². The Morgan fingerprint density at radius 3 is 2.66 bits per heavy atom. The lowest BCUT2D eigenvalue weighted by Gasteiger charge is -2.06. The van der Waals surface area contributed by atoms with Crippen molar-refractivity contribution in [3.8, 4) is 17.0 Å². The van der Waals surface area contributed by atoms with Gasteiger partial charge in [0.2, 0.25) is 0 Å². The minimum Gasteiger partial charge on any atom is -0.497 e. The molecule has 0 atom stereocenters. The van der Waals surface area contributed by atoms with Crippen LogP contribution >= 0.6 is 11.6 Å². The summed E-state index contributed by atoms with van der Waals surface area (Å²) in [4.78, 5) is 29.9. The average molecular weight is 409 g/mol. The number of aromatic amines is 1. The molecule has 0 saturated carbocycles. The van der Waals surface area contributed by atoms with Gasteiger partial charge in [0, 0.05) is 34.2 Å². The zero-order chi connectivity index (χ0) is 20.5. The van der Waals surface area contributed by atoms with Crippen molar-refractivity contribution in [2.45, 2.75) is 6.54 Å². The minimum absolute atomic E-state index is 0.0889. The van der Waals surface area contributed by atoms with E-state index in [0.717, 1.165) is 22.0 Å². The Balaban J connectivity index is 1.82. The topological polar surface area (TPSA) is 103 Å². The van der Waals surface area contributed by atoms with Crippen molar-refractivity contribution in [2.24, 2.45) is 5.73 Å². The normalized spacial score (nSPS) is 11.0. The molecule has 0 aliphatic heterocycles. The van der Waals surface area contributed by atoms with E-state index >= 15 is 0 Å². The van der Waals surface area contributed by atoms with Gasteiger partial charge in [0.05, 0.1) is 19.0 Å². The molecule has 2 aromatic heterocycles. The van der Waals surface area contributed by atoms with Gasteiger partial charge >= 0.3 is 0 Å². The Bertz CT molecular complexity index is 1220. The molecule has 4 rings (SSSR count). The van der Waals surface area contributed by atoms with E-state index in [4.69, 9.17) is 22.1 Å². The van der Waals surface area contributed by atoms with Crippen molar-refractivity contribution in [3.05, 3.63) is 71.3 Å². The molecule has 146 valence electrons. The van der Waals surface area contributed by atoms with Crippen LogP contribution in [0.4, 0.5) is 0 Å². The smallest absolute Gasteiger partial charge is 0.293 e. The van der Waals surface area contributed by atoms with E-state index in [9.17, 15) is 9.59 Å². The summed E-state index contributed by atoms with van der Waals surface area (Å²) in [5, 5.41) is 1.60. The molecule has 0 radical (unpaired) electrons. The lowest BCUT2D eigenvalue weighted by molar-refractivity contribution is -0.114. The average Bonchev–Trinajstić information content (AvgIpc) is 3.34. The van der Waals surface area contributed by atoms with Gasteiger partial charge in [-0.25, -0.2) is 4.98 Å². The number of Topliss-reactive ketones (excluding diaryl/α,β-unsaturated/α-hetero) is 1. The van der Waals surface area contributed by atoms with E-state index in [0.29, 0.717) is 23.0 Å². The highest BCUT2D eigenvalue weighted by molar-refractivity contribution is 6.41. The number of nitrogens with two attached hydrogens (primary N) is 1. The Labute approximate surface area is 171 Å². The molecular weight excluding hydrogens is 392 g/mol. The maximum absolute atomic E-state index is 11.8. The summed E-state index contributed by atoms with van der Waals surface area (Å²) >= 11 is 5.99. The predicted octanol–water partition coefficient (Wildman–Crippen LogP) is 3.41. The number of hydrogen-bond donors (Lipinski definition) is 2. The van der Waals surface area contributed by atoms with E-state index in [1.165, 1.54) is 6.20 Å². The fourth-order valence-corrected chi connectivity index (χ4v) is 3.35. The number of nitrogens with zero attached hydrogens (tertiary/aromatic N) is 2. The van der Waals surface area contributed by atoms with Crippen LogP contribution < -0.4 is 10.5 Å². The second-order valence-electron chi connectivity index (χ2n) is 6.52. The van der Waals surface area contributed by atoms with Crippen molar-refractivity contribution in [1.29, 1.82) is 0 Å². The lowest BCUT2D eigenvalue weighted by atomic mass is 10.1. The predicted molar refractivity (Wildman–Crippen MR) is 110 cm³/mol. The number of benzene rings is 2. The third-order valence-electron chi connectivity index (χ3n) is 4.66. The number of rotatable bonds is 6. The van der Waals surface area contributed by atoms with Gasteiger partial charge in [0.1, 0.15) is 5.75 Å². The van der Waals surface area contributed by atoms with Crippen LogP contribution in [0.15, 0.2) is 54.9 Å². The molecule has 0 aliphatic rings. The minimum atomic E-state index is -1.06. The first-order chi connectivity index (χ1) is 14.0. The molecule has 29 heavy (non-hydrogen) atoms. The fourth-order valence-electron chi connectivity index (χ4n) is 3.23. The molecule has 0 aliphatic carbocycles. The van der Waals surface area contributed by atoms with Crippen molar-refractivity contribution in [1.82, 2.24) is 14.5 Å². The van der Waals surface area contributed by atoms with Gasteiger partial charge < -0.3 is 20.0 Å². The number of ketones is 1. The van der Waals surface area contributed by atoms with Crippen molar-refractivity contribution in [3.63, 3.8) is 0 Å². The van der Waals surface area contributed by atoms with E-state index in [2.05, 4.69) is 14.5 Å². The number of amides is 1. The van der Waals surface area contributed by atoms with Crippen LogP contribution in [-0.2, 0) is 11.3 Å². The molecule has 4 aromatic rings. The number of hydrogen-bond acceptors (Lipinski definition) is 4. The van der Waals surface area contributed by atoms with Crippen LogP contribution in [-0.4, -0.2) is 33.3 Å². The van der Waals surface area contributed by atoms with Crippen LogP contribution in [0.1, 0.15) is 16.2 Å². The van der Waals surface area contributed by atoms with E-state index in [1.807, 2.05) is 48.7 Å². The first-order valence-electron chi connectivity index (χ1n) is 8.77. The zero-order valence-electron chi connectivity index (χ0n) is 15.5. The first kappa shape index (κ1) is 18.8. The number of halogens is 1. The van der Waals surface area contributed by atoms with Gasteiger partial charge in [-0.1, -0.05) is 23.7 Å². The van der Waals surface area contributed by atoms with Crippen molar-refractivity contribution >= 4 is 34.2 Å². The molecule has 0 bridgehead atoms. The molecule has 1 amide bonds. The zero-order valence-corrected chi connectivity index (χ0v) is 16.2. The summed E-state index contributed by atoms with van der Waals surface area (Å²) in [6.07, 6.45) is 3.47. The summed E-state index contributed by atoms with van der Waals surface area (Å²) in [7, 11) is 1.60. The molecule has 2 aromatic carbocycles.